The number of benzene rings is 1. The molecule has 1 aromatic carbocycles. The van der Waals surface area contributed by atoms with Crippen LogP contribution in [0.4, 0.5) is 0 Å². The number of carbonyl (C=O) groups is 1. The van der Waals surface area contributed by atoms with E-state index in [1.807, 2.05) is 19.9 Å². The van der Waals surface area contributed by atoms with Crippen LogP contribution >= 0.6 is 0 Å². The van der Waals surface area contributed by atoms with E-state index in [2.05, 4.69) is 31.2 Å². The third-order valence-electron chi connectivity index (χ3n) is 4.26. The summed E-state index contributed by atoms with van der Waals surface area (Å²) in [5, 5.41) is 0. The summed E-state index contributed by atoms with van der Waals surface area (Å²) in [4.78, 5) is 12.6. The normalized spacial score (nSPS) is 16.9. The minimum atomic E-state index is -0.317. The van der Waals surface area contributed by atoms with Crippen LogP contribution in [0, 0.1) is 0 Å². The fraction of sp³-hybridized carbons (Fsp3) is 0.571. The molecule has 5 heteroatoms. The molecular weight excluding hydrogens is 395 g/mol. The van der Waals surface area contributed by atoms with E-state index in [9.17, 15) is 4.79 Å². The van der Waals surface area contributed by atoms with Crippen LogP contribution in [0.5, 0.6) is 0 Å². The van der Waals surface area contributed by atoms with E-state index in [-0.39, 0.29) is 27.2 Å². The second-order valence-electron chi connectivity index (χ2n) is 6.15. The molecule has 1 aromatic rings. The van der Waals surface area contributed by atoms with E-state index in [4.69, 9.17) is 14.2 Å². The van der Waals surface area contributed by atoms with Gasteiger partial charge >= 0.3 is 163 Å². The van der Waals surface area contributed by atoms with E-state index in [1.54, 1.807) is 0 Å². The molecule has 0 saturated heterocycles. The molecular formula is C21H30O4Se. The average Bonchev–Trinajstić information content (AvgIpc) is 2.67. The molecule has 0 heterocycles. The summed E-state index contributed by atoms with van der Waals surface area (Å²) in [6.07, 6.45) is 4.22. The number of hydrogen-bond donors (Lipinski definition) is 0. The van der Waals surface area contributed by atoms with Crippen LogP contribution in [0.2, 0.25) is 4.82 Å². The molecule has 2 atom stereocenters. The van der Waals surface area contributed by atoms with E-state index in [0.717, 1.165) is 37.9 Å². The number of hydrogen-bond acceptors (Lipinski definition) is 4. The number of carbonyl (C=O) groups excluding carboxylic acids is 1. The quantitative estimate of drug-likeness (QED) is 0.323. The van der Waals surface area contributed by atoms with Gasteiger partial charge in [-0.25, -0.2) is 0 Å². The van der Waals surface area contributed by atoms with Crippen molar-refractivity contribution in [3.63, 3.8) is 0 Å². The summed E-state index contributed by atoms with van der Waals surface area (Å²) < 4.78 is 18.8. The van der Waals surface area contributed by atoms with Crippen molar-refractivity contribution in [1.82, 2.24) is 0 Å². The van der Waals surface area contributed by atoms with Crippen LogP contribution in [0.15, 0.2) is 41.7 Å². The van der Waals surface area contributed by atoms with Crippen molar-refractivity contribution < 1.29 is 19.0 Å². The fourth-order valence-electron chi connectivity index (χ4n) is 2.97. The first kappa shape index (κ1) is 21.0. The van der Waals surface area contributed by atoms with Gasteiger partial charge < -0.3 is 0 Å². The van der Waals surface area contributed by atoms with Crippen LogP contribution in [-0.2, 0) is 19.0 Å². The Bertz CT molecular complexity index is 585. The molecule has 0 saturated carbocycles. The molecule has 144 valence electrons. The van der Waals surface area contributed by atoms with Gasteiger partial charge in [0.05, 0.1) is 0 Å². The number of rotatable bonds is 10. The monoisotopic (exact) mass is 426 g/mol. The minimum absolute atomic E-state index is 0.237. The Balaban J connectivity index is 2.17. The summed E-state index contributed by atoms with van der Waals surface area (Å²) in [6.45, 7) is 6.97. The van der Waals surface area contributed by atoms with Crippen LogP contribution < -0.4 is 4.46 Å². The first-order valence-corrected chi connectivity index (χ1v) is 11.4. The third-order valence-corrected chi connectivity index (χ3v) is 7.21. The summed E-state index contributed by atoms with van der Waals surface area (Å²) >= 11 is 0.245. The molecule has 4 nitrogen and oxygen atoms in total. The van der Waals surface area contributed by atoms with Crippen molar-refractivity contribution in [1.29, 1.82) is 0 Å². The Morgan fingerprint density at radius 1 is 1.08 bits per heavy atom. The van der Waals surface area contributed by atoms with Gasteiger partial charge in [0.15, 0.2) is 0 Å². The SMILES string of the molecule is CCOC(=O)C1=C(OC(OCC)C(CC)[Se]c2ccccc2)CCCC1. The van der Waals surface area contributed by atoms with Crippen LogP contribution in [0.25, 0.3) is 0 Å². The molecule has 0 fully saturated rings. The molecule has 1 aliphatic rings. The third kappa shape index (κ3) is 6.15. The van der Waals surface area contributed by atoms with Gasteiger partial charge in [-0.05, 0) is 0 Å². The molecule has 0 bridgehead atoms. The van der Waals surface area contributed by atoms with Crippen LogP contribution in [0.3, 0.4) is 0 Å². The van der Waals surface area contributed by atoms with Gasteiger partial charge in [-0.1, -0.05) is 0 Å². The van der Waals surface area contributed by atoms with Gasteiger partial charge in [0.1, 0.15) is 0 Å². The fourth-order valence-corrected chi connectivity index (χ4v) is 5.23. The van der Waals surface area contributed by atoms with Crippen molar-refractivity contribution in [2.75, 3.05) is 13.2 Å². The molecule has 0 spiro atoms. The van der Waals surface area contributed by atoms with Crippen molar-refractivity contribution in [2.24, 2.45) is 0 Å². The zero-order valence-electron chi connectivity index (χ0n) is 16.0. The van der Waals surface area contributed by atoms with Gasteiger partial charge in [-0.3, -0.25) is 0 Å². The van der Waals surface area contributed by atoms with Gasteiger partial charge in [0, 0.05) is 0 Å². The van der Waals surface area contributed by atoms with Crippen molar-refractivity contribution in [2.45, 2.75) is 64.0 Å². The van der Waals surface area contributed by atoms with E-state index >= 15 is 0 Å². The summed E-state index contributed by atoms with van der Waals surface area (Å²) in [5.41, 5.74) is 0.699. The number of allylic oxidation sites excluding steroid dienone is 1. The van der Waals surface area contributed by atoms with Crippen molar-refractivity contribution >= 4 is 25.4 Å². The first-order chi connectivity index (χ1) is 12.7. The van der Waals surface area contributed by atoms with Gasteiger partial charge in [-0.2, -0.15) is 0 Å². The van der Waals surface area contributed by atoms with Gasteiger partial charge in [0.2, 0.25) is 0 Å². The predicted molar refractivity (Wildman–Crippen MR) is 104 cm³/mol. The van der Waals surface area contributed by atoms with Crippen LogP contribution in [-0.4, -0.2) is 40.4 Å². The number of ether oxygens (including phenoxy) is 3. The Morgan fingerprint density at radius 3 is 2.46 bits per heavy atom. The predicted octanol–water partition coefficient (Wildman–Crippen LogP) is 3.99. The maximum atomic E-state index is 12.3. The molecule has 0 amide bonds. The molecule has 0 radical (unpaired) electrons. The summed E-state index contributed by atoms with van der Waals surface area (Å²) in [7, 11) is 0. The van der Waals surface area contributed by atoms with Crippen molar-refractivity contribution in [3.8, 4) is 0 Å². The zero-order chi connectivity index (χ0) is 18.8. The Morgan fingerprint density at radius 2 is 1.81 bits per heavy atom. The molecule has 0 N–H and O–H groups in total. The Labute approximate surface area is 163 Å². The number of esters is 1. The topological polar surface area (TPSA) is 44.8 Å². The van der Waals surface area contributed by atoms with Gasteiger partial charge in [0.25, 0.3) is 0 Å². The van der Waals surface area contributed by atoms with E-state index in [0.29, 0.717) is 23.6 Å². The zero-order valence-corrected chi connectivity index (χ0v) is 17.7. The molecule has 26 heavy (non-hydrogen) atoms. The second kappa shape index (κ2) is 11.4. The molecule has 2 rings (SSSR count). The standard InChI is InChI=1S/C21H30O4Se/c1-4-19(26-16-12-8-7-9-13-16)21(24-6-3)25-18-15-11-10-14-17(18)20(22)23-5-2/h7-9,12-13,19,21H,4-6,10-11,14-15H2,1-3H3. The van der Waals surface area contributed by atoms with Crippen molar-refractivity contribution in [3.05, 3.63) is 41.7 Å². The average molecular weight is 425 g/mol. The van der Waals surface area contributed by atoms with Crippen LogP contribution in [0.1, 0.15) is 52.9 Å². The Hall–Kier alpha value is -1.29. The van der Waals surface area contributed by atoms with Gasteiger partial charge in [-0.15, -0.1) is 0 Å². The maximum absolute atomic E-state index is 12.3. The summed E-state index contributed by atoms with van der Waals surface area (Å²) in [5.74, 6) is 0.537. The second-order valence-corrected chi connectivity index (χ2v) is 8.90. The molecule has 0 aromatic heterocycles. The summed E-state index contributed by atoms with van der Waals surface area (Å²) in [6, 6.07) is 10.5. The van der Waals surface area contributed by atoms with E-state index < -0.39 is 0 Å². The first-order valence-electron chi connectivity index (χ1n) is 9.58. The Kier molecular flexibility index (Phi) is 9.24. The molecule has 1 aliphatic carbocycles. The van der Waals surface area contributed by atoms with E-state index in [1.165, 1.54) is 4.46 Å². The molecule has 0 aliphatic heterocycles. The molecule has 2 unspecified atom stereocenters.